The van der Waals surface area contributed by atoms with Crippen molar-refractivity contribution >= 4 is 5.91 Å². The molecular formula is C16H19NO3. The van der Waals surface area contributed by atoms with E-state index in [1.165, 1.54) is 0 Å². The van der Waals surface area contributed by atoms with E-state index in [1.807, 2.05) is 44.2 Å². The standard InChI is InChI=1S/C16H19NO3/c1-11-10-15(20-12(11)2)16(19)17-9-8-14(18)13-6-4-3-5-7-13/h3-7,10,14,18H,8-9H2,1-2H3,(H,17,19). The third-order valence-corrected chi connectivity index (χ3v) is 3.28. The van der Waals surface area contributed by atoms with E-state index in [0.29, 0.717) is 18.7 Å². The first-order chi connectivity index (χ1) is 9.58. The Morgan fingerprint density at radius 2 is 2.00 bits per heavy atom. The number of carbonyl (C=O) groups excluding carboxylic acids is 1. The van der Waals surface area contributed by atoms with Crippen LogP contribution in [0, 0.1) is 13.8 Å². The molecule has 0 fully saturated rings. The molecule has 0 aliphatic rings. The van der Waals surface area contributed by atoms with Gasteiger partial charge in [-0.3, -0.25) is 4.79 Å². The first-order valence-corrected chi connectivity index (χ1v) is 6.66. The summed E-state index contributed by atoms with van der Waals surface area (Å²) in [6.07, 6.45) is -0.106. The lowest BCUT2D eigenvalue weighted by Gasteiger charge is -2.11. The minimum Gasteiger partial charge on any atom is -0.456 e. The van der Waals surface area contributed by atoms with Gasteiger partial charge in [0.2, 0.25) is 0 Å². The van der Waals surface area contributed by atoms with Gasteiger partial charge < -0.3 is 14.8 Å². The van der Waals surface area contributed by atoms with E-state index in [0.717, 1.165) is 16.9 Å². The fraction of sp³-hybridized carbons (Fsp3) is 0.312. The lowest BCUT2D eigenvalue weighted by molar-refractivity contribution is 0.0914. The number of aliphatic hydroxyl groups is 1. The van der Waals surface area contributed by atoms with Crippen LogP contribution in [0.4, 0.5) is 0 Å². The SMILES string of the molecule is Cc1cc(C(=O)NCCC(O)c2ccccc2)oc1C. The molecule has 4 nitrogen and oxygen atoms in total. The van der Waals surface area contributed by atoms with Crippen molar-refractivity contribution in [2.45, 2.75) is 26.4 Å². The van der Waals surface area contributed by atoms with E-state index < -0.39 is 6.10 Å². The number of nitrogens with one attached hydrogen (secondary N) is 1. The first kappa shape index (κ1) is 14.3. The fourth-order valence-electron chi connectivity index (χ4n) is 1.94. The molecular weight excluding hydrogens is 254 g/mol. The summed E-state index contributed by atoms with van der Waals surface area (Å²) in [5.74, 6) is 0.815. The number of rotatable bonds is 5. The highest BCUT2D eigenvalue weighted by molar-refractivity contribution is 5.91. The van der Waals surface area contributed by atoms with Crippen molar-refractivity contribution in [2.75, 3.05) is 6.54 Å². The Kier molecular flexibility index (Phi) is 4.58. The molecule has 1 heterocycles. The van der Waals surface area contributed by atoms with Gasteiger partial charge in [0, 0.05) is 6.54 Å². The largest absolute Gasteiger partial charge is 0.456 e. The molecule has 1 atom stereocenters. The molecule has 2 rings (SSSR count). The van der Waals surface area contributed by atoms with Gasteiger partial charge in [0.25, 0.3) is 5.91 Å². The average Bonchev–Trinajstić information content (AvgIpc) is 2.79. The van der Waals surface area contributed by atoms with E-state index in [4.69, 9.17) is 4.42 Å². The molecule has 2 N–H and O–H groups in total. The molecule has 0 aliphatic carbocycles. The van der Waals surface area contributed by atoms with Gasteiger partial charge in [-0.25, -0.2) is 0 Å². The van der Waals surface area contributed by atoms with Crippen LogP contribution in [0.3, 0.4) is 0 Å². The van der Waals surface area contributed by atoms with Gasteiger partial charge in [0.05, 0.1) is 6.10 Å². The summed E-state index contributed by atoms with van der Waals surface area (Å²) in [6.45, 7) is 4.12. The molecule has 20 heavy (non-hydrogen) atoms. The Labute approximate surface area is 118 Å². The quantitative estimate of drug-likeness (QED) is 0.880. The molecule has 1 unspecified atom stereocenters. The van der Waals surface area contributed by atoms with Gasteiger partial charge in [0.1, 0.15) is 5.76 Å². The second-order valence-electron chi connectivity index (χ2n) is 4.82. The van der Waals surface area contributed by atoms with Crippen LogP contribution in [0.2, 0.25) is 0 Å². The highest BCUT2D eigenvalue weighted by Crippen LogP contribution is 2.16. The highest BCUT2D eigenvalue weighted by Gasteiger charge is 2.13. The number of carbonyl (C=O) groups is 1. The zero-order valence-corrected chi connectivity index (χ0v) is 11.7. The smallest absolute Gasteiger partial charge is 0.287 e. The summed E-state index contributed by atoms with van der Waals surface area (Å²) in [5.41, 5.74) is 1.81. The second kappa shape index (κ2) is 6.39. The number of aryl methyl sites for hydroxylation is 2. The van der Waals surface area contributed by atoms with Gasteiger partial charge in [-0.1, -0.05) is 30.3 Å². The van der Waals surface area contributed by atoms with Crippen molar-refractivity contribution in [3.8, 4) is 0 Å². The number of benzene rings is 1. The van der Waals surface area contributed by atoms with Gasteiger partial charge in [-0.05, 0) is 37.5 Å². The van der Waals surface area contributed by atoms with Crippen molar-refractivity contribution < 1.29 is 14.3 Å². The Balaban J connectivity index is 1.82. The number of aliphatic hydroxyl groups excluding tert-OH is 1. The molecule has 0 radical (unpaired) electrons. The van der Waals surface area contributed by atoms with Crippen molar-refractivity contribution in [1.29, 1.82) is 0 Å². The molecule has 2 aromatic rings. The summed E-state index contributed by atoms with van der Waals surface area (Å²) in [7, 11) is 0. The predicted molar refractivity (Wildman–Crippen MR) is 76.5 cm³/mol. The second-order valence-corrected chi connectivity index (χ2v) is 4.82. The van der Waals surface area contributed by atoms with Crippen molar-refractivity contribution in [2.24, 2.45) is 0 Å². The van der Waals surface area contributed by atoms with Crippen LogP contribution in [-0.2, 0) is 0 Å². The molecule has 0 spiro atoms. The summed E-state index contributed by atoms with van der Waals surface area (Å²) >= 11 is 0. The van der Waals surface area contributed by atoms with Crippen LogP contribution in [0.15, 0.2) is 40.8 Å². The molecule has 0 bridgehead atoms. The number of amides is 1. The number of hydrogen-bond acceptors (Lipinski definition) is 3. The molecule has 1 aromatic heterocycles. The first-order valence-electron chi connectivity index (χ1n) is 6.66. The maximum atomic E-state index is 11.8. The lowest BCUT2D eigenvalue weighted by Crippen LogP contribution is -2.25. The topological polar surface area (TPSA) is 62.5 Å². The Bertz CT molecular complexity index is 555. The van der Waals surface area contributed by atoms with Gasteiger partial charge in [0.15, 0.2) is 5.76 Å². The van der Waals surface area contributed by atoms with E-state index in [1.54, 1.807) is 6.07 Å². The minimum absolute atomic E-state index is 0.249. The van der Waals surface area contributed by atoms with Crippen LogP contribution >= 0.6 is 0 Å². The van der Waals surface area contributed by atoms with E-state index in [9.17, 15) is 9.90 Å². The molecule has 1 aromatic carbocycles. The van der Waals surface area contributed by atoms with Gasteiger partial charge in [-0.2, -0.15) is 0 Å². The molecule has 4 heteroatoms. The van der Waals surface area contributed by atoms with Gasteiger partial charge in [-0.15, -0.1) is 0 Å². The van der Waals surface area contributed by atoms with Crippen molar-refractivity contribution in [1.82, 2.24) is 5.32 Å². The average molecular weight is 273 g/mol. The predicted octanol–water partition coefficient (Wildman–Crippen LogP) is 2.75. The summed E-state index contributed by atoms with van der Waals surface area (Å²) < 4.78 is 5.34. The van der Waals surface area contributed by atoms with Crippen LogP contribution in [0.1, 0.15) is 40.0 Å². The van der Waals surface area contributed by atoms with Crippen molar-refractivity contribution in [3.05, 3.63) is 59.0 Å². The molecule has 0 saturated heterocycles. The van der Waals surface area contributed by atoms with Crippen LogP contribution in [-0.4, -0.2) is 17.6 Å². The molecule has 0 aliphatic heterocycles. The fourth-order valence-corrected chi connectivity index (χ4v) is 1.94. The lowest BCUT2D eigenvalue weighted by atomic mass is 10.1. The third-order valence-electron chi connectivity index (χ3n) is 3.28. The minimum atomic E-state index is -0.573. The summed E-state index contributed by atoms with van der Waals surface area (Å²) in [4.78, 5) is 11.8. The van der Waals surface area contributed by atoms with E-state index >= 15 is 0 Å². The number of hydrogen-bond donors (Lipinski definition) is 2. The van der Waals surface area contributed by atoms with Gasteiger partial charge >= 0.3 is 0 Å². The van der Waals surface area contributed by atoms with E-state index in [-0.39, 0.29) is 5.91 Å². The van der Waals surface area contributed by atoms with Crippen LogP contribution in [0.5, 0.6) is 0 Å². The summed E-state index contributed by atoms with van der Waals surface area (Å²) in [5, 5.41) is 12.7. The molecule has 106 valence electrons. The summed E-state index contributed by atoms with van der Waals surface area (Å²) in [6, 6.07) is 11.1. The normalized spacial score (nSPS) is 12.2. The molecule has 1 amide bonds. The van der Waals surface area contributed by atoms with Crippen molar-refractivity contribution in [3.63, 3.8) is 0 Å². The maximum absolute atomic E-state index is 11.8. The Morgan fingerprint density at radius 1 is 1.30 bits per heavy atom. The molecule has 0 saturated carbocycles. The Hall–Kier alpha value is -2.07. The monoisotopic (exact) mass is 273 g/mol. The zero-order chi connectivity index (χ0) is 14.5. The number of furan rings is 1. The zero-order valence-electron chi connectivity index (χ0n) is 11.7. The highest BCUT2D eigenvalue weighted by atomic mass is 16.3. The van der Waals surface area contributed by atoms with Crippen LogP contribution < -0.4 is 5.32 Å². The van der Waals surface area contributed by atoms with E-state index in [2.05, 4.69) is 5.32 Å². The van der Waals surface area contributed by atoms with Crippen LogP contribution in [0.25, 0.3) is 0 Å². The Morgan fingerprint density at radius 3 is 2.60 bits per heavy atom. The maximum Gasteiger partial charge on any atom is 0.287 e. The third kappa shape index (κ3) is 3.48.